The van der Waals surface area contributed by atoms with E-state index in [1.807, 2.05) is 0 Å². The van der Waals surface area contributed by atoms with E-state index in [1.54, 1.807) is 11.6 Å². The lowest BCUT2D eigenvalue weighted by atomic mass is 9.45. The van der Waals surface area contributed by atoms with Gasteiger partial charge in [-0.15, -0.1) is 0 Å². The summed E-state index contributed by atoms with van der Waals surface area (Å²) in [6.07, 6.45) is 9.34. The Hall–Kier alpha value is -1.65. The highest BCUT2D eigenvalue weighted by Gasteiger charge is 2.60. The molecule has 0 aromatic carbocycles. The minimum atomic E-state index is -0.135. The van der Waals surface area contributed by atoms with E-state index >= 15 is 0 Å². The van der Waals surface area contributed by atoms with Crippen molar-refractivity contribution >= 4 is 11.9 Å². The molecule has 0 bridgehead atoms. The molecule has 7 atom stereocenters. The van der Waals surface area contributed by atoms with Gasteiger partial charge in [-0.2, -0.15) is 5.10 Å². The van der Waals surface area contributed by atoms with Crippen molar-refractivity contribution in [1.82, 2.24) is 9.78 Å². The lowest BCUT2D eigenvalue weighted by molar-refractivity contribution is -0.157. The zero-order valence-electron chi connectivity index (χ0n) is 19.2. The van der Waals surface area contributed by atoms with Gasteiger partial charge in [-0.1, -0.05) is 13.8 Å². The molecule has 0 unspecified atom stereocenters. The molecule has 0 N–H and O–H groups in total. The summed E-state index contributed by atoms with van der Waals surface area (Å²) in [5.74, 6) is 2.66. The standard InChI is InChI=1S/C25H36N2O3/c1-14-23-22(27(26-14)15(2)28)13-21-19-7-6-17-12-18(30-16(3)29)8-10-24(17,4)20(19)9-11-25(21,23)5/h17-21H,6-13H2,1-5H3/t17-,18-,19-,20+,21-,24-,25-/m0/s1. The molecule has 0 amide bonds. The van der Waals surface area contributed by atoms with E-state index in [9.17, 15) is 9.59 Å². The Labute approximate surface area is 179 Å². The van der Waals surface area contributed by atoms with Gasteiger partial charge in [0.15, 0.2) is 0 Å². The van der Waals surface area contributed by atoms with Crippen molar-refractivity contribution < 1.29 is 14.3 Å². The number of nitrogens with zero attached hydrogens (tertiary/aromatic N) is 2. The third-order valence-electron chi connectivity index (χ3n) is 9.78. The minimum absolute atomic E-state index is 0.0395. The van der Waals surface area contributed by atoms with Gasteiger partial charge < -0.3 is 4.74 Å². The van der Waals surface area contributed by atoms with Crippen molar-refractivity contribution in [3.63, 3.8) is 0 Å². The monoisotopic (exact) mass is 412 g/mol. The van der Waals surface area contributed by atoms with Crippen molar-refractivity contribution in [2.24, 2.45) is 29.1 Å². The van der Waals surface area contributed by atoms with E-state index < -0.39 is 0 Å². The summed E-state index contributed by atoms with van der Waals surface area (Å²) >= 11 is 0. The molecular weight excluding hydrogens is 376 g/mol. The van der Waals surface area contributed by atoms with Crippen LogP contribution in [0.1, 0.15) is 94.4 Å². The lowest BCUT2D eigenvalue weighted by Gasteiger charge is -2.60. The predicted molar refractivity (Wildman–Crippen MR) is 114 cm³/mol. The SMILES string of the molecule is CC(=O)O[C@H]1CC[C@@]2(C)[C@@H](CC[C@H]3[C@H]2CC[C@]2(C)c4c(C)nn(C(C)=O)c4C[C@@H]32)C1. The van der Waals surface area contributed by atoms with Gasteiger partial charge in [0.05, 0.1) is 11.4 Å². The van der Waals surface area contributed by atoms with Crippen LogP contribution >= 0.6 is 0 Å². The second-order valence-electron chi connectivity index (χ2n) is 11.2. The van der Waals surface area contributed by atoms with Crippen LogP contribution in [0, 0.1) is 36.0 Å². The molecule has 0 spiro atoms. The number of fused-ring (bicyclic) bond motifs is 7. The number of rotatable bonds is 1. The Morgan fingerprint density at radius 3 is 2.53 bits per heavy atom. The number of aryl methyl sites for hydroxylation is 1. The quantitative estimate of drug-likeness (QED) is 0.619. The minimum Gasteiger partial charge on any atom is -0.463 e. The highest BCUT2D eigenvalue weighted by molar-refractivity contribution is 5.77. The van der Waals surface area contributed by atoms with Gasteiger partial charge in [0.1, 0.15) is 6.10 Å². The molecular formula is C25H36N2O3. The molecule has 1 aromatic rings. The number of carbonyl (C=O) groups is 2. The predicted octanol–water partition coefficient (Wildman–Crippen LogP) is 4.84. The number of carbonyl (C=O) groups excluding carboxylic acids is 2. The summed E-state index contributed by atoms with van der Waals surface area (Å²) in [6, 6.07) is 0. The van der Waals surface area contributed by atoms with Crippen LogP contribution in [0.5, 0.6) is 0 Å². The first-order chi connectivity index (χ1) is 14.1. The molecule has 4 aliphatic rings. The zero-order valence-corrected chi connectivity index (χ0v) is 19.2. The Bertz CT molecular complexity index is 904. The maximum atomic E-state index is 12.2. The number of esters is 1. The Kier molecular flexibility index (Phi) is 4.51. The van der Waals surface area contributed by atoms with E-state index in [1.165, 1.54) is 50.3 Å². The van der Waals surface area contributed by atoms with E-state index in [2.05, 4.69) is 25.9 Å². The van der Waals surface area contributed by atoms with Crippen LogP contribution in [0.3, 0.4) is 0 Å². The second kappa shape index (κ2) is 6.67. The van der Waals surface area contributed by atoms with Gasteiger partial charge in [-0.25, -0.2) is 4.68 Å². The highest BCUT2D eigenvalue weighted by Crippen LogP contribution is 2.66. The van der Waals surface area contributed by atoms with Crippen LogP contribution in [0.25, 0.3) is 0 Å². The molecule has 4 aliphatic carbocycles. The van der Waals surface area contributed by atoms with E-state index in [0.29, 0.717) is 17.3 Å². The summed E-state index contributed by atoms with van der Waals surface area (Å²) in [5, 5.41) is 4.61. The van der Waals surface area contributed by atoms with Crippen molar-refractivity contribution in [3.8, 4) is 0 Å². The van der Waals surface area contributed by atoms with E-state index in [4.69, 9.17) is 4.74 Å². The first kappa shape index (κ1) is 20.3. The highest BCUT2D eigenvalue weighted by atomic mass is 16.5. The molecule has 3 fully saturated rings. The van der Waals surface area contributed by atoms with Gasteiger partial charge >= 0.3 is 5.97 Å². The van der Waals surface area contributed by atoms with Crippen molar-refractivity contribution in [2.75, 3.05) is 0 Å². The second-order valence-corrected chi connectivity index (χ2v) is 11.2. The molecule has 5 nitrogen and oxygen atoms in total. The fourth-order valence-corrected chi connectivity index (χ4v) is 8.54. The maximum Gasteiger partial charge on any atom is 0.302 e. The molecule has 30 heavy (non-hydrogen) atoms. The van der Waals surface area contributed by atoms with Crippen molar-refractivity contribution in [2.45, 2.75) is 97.5 Å². The molecule has 0 aliphatic heterocycles. The zero-order chi connectivity index (χ0) is 21.4. The Balaban J connectivity index is 1.43. The average molecular weight is 413 g/mol. The lowest BCUT2D eigenvalue weighted by Crippen LogP contribution is -2.54. The molecule has 0 saturated heterocycles. The van der Waals surface area contributed by atoms with Crippen LogP contribution in [0.2, 0.25) is 0 Å². The van der Waals surface area contributed by atoms with Crippen LogP contribution in [-0.2, 0) is 21.4 Å². The number of hydrogen-bond acceptors (Lipinski definition) is 4. The number of ether oxygens (including phenoxy) is 1. The van der Waals surface area contributed by atoms with Gasteiger partial charge in [0.25, 0.3) is 0 Å². The number of aromatic nitrogens is 2. The largest absolute Gasteiger partial charge is 0.463 e. The van der Waals surface area contributed by atoms with E-state index in [-0.39, 0.29) is 23.4 Å². The number of hydrogen-bond donors (Lipinski definition) is 0. The molecule has 1 aromatic heterocycles. The van der Waals surface area contributed by atoms with Gasteiger partial charge in [-0.05, 0) is 92.8 Å². The fourth-order valence-electron chi connectivity index (χ4n) is 8.54. The molecule has 5 rings (SSSR count). The van der Waals surface area contributed by atoms with Crippen molar-refractivity contribution in [3.05, 3.63) is 17.0 Å². The maximum absolute atomic E-state index is 12.2. The summed E-state index contributed by atoms with van der Waals surface area (Å²) < 4.78 is 7.30. The van der Waals surface area contributed by atoms with Crippen molar-refractivity contribution in [1.29, 1.82) is 0 Å². The van der Waals surface area contributed by atoms with E-state index in [0.717, 1.165) is 36.8 Å². The third kappa shape index (κ3) is 2.69. The molecule has 0 radical (unpaired) electrons. The van der Waals surface area contributed by atoms with Crippen LogP contribution in [-0.4, -0.2) is 27.8 Å². The molecule has 5 heteroatoms. The van der Waals surface area contributed by atoms with Gasteiger partial charge in [-0.3, -0.25) is 9.59 Å². The molecule has 3 saturated carbocycles. The first-order valence-corrected chi connectivity index (χ1v) is 11.9. The Morgan fingerprint density at radius 1 is 1.07 bits per heavy atom. The topological polar surface area (TPSA) is 61.2 Å². The third-order valence-corrected chi connectivity index (χ3v) is 9.78. The van der Waals surface area contributed by atoms with Crippen LogP contribution in [0.4, 0.5) is 0 Å². The molecule has 164 valence electrons. The Morgan fingerprint density at radius 2 is 1.83 bits per heavy atom. The summed E-state index contributed by atoms with van der Waals surface area (Å²) in [6.45, 7) is 10.2. The summed E-state index contributed by atoms with van der Waals surface area (Å²) in [7, 11) is 0. The van der Waals surface area contributed by atoms with Gasteiger partial charge in [0.2, 0.25) is 5.91 Å². The summed E-state index contributed by atoms with van der Waals surface area (Å²) in [5.41, 5.74) is 4.15. The smallest absolute Gasteiger partial charge is 0.302 e. The average Bonchev–Trinajstić information content (AvgIpc) is 3.16. The van der Waals surface area contributed by atoms with Gasteiger partial charge in [0, 0.05) is 19.4 Å². The van der Waals surface area contributed by atoms with Crippen LogP contribution < -0.4 is 0 Å². The summed E-state index contributed by atoms with van der Waals surface area (Å²) in [4.78, 5) is 23.7. The fraction of sp³-hybridized carbons (Fsp3) is 0.800. The first-order valence-electron chi connectivity index (χ1n) is 11.9. The van der Waals surface area contributed by atoms with Crippen LogP contribution in [0.15, 0.2) is 0 Å². The molecule has 1 heterocycles. The normalized spacial score (nSPS) is 42.0.